The lowest BCUT2D eigenvalue weighted by atomic mass is 10.1. The van der Waals surface area contributed by atoms with E-state index >= 15 is 0 Å². The molecule has 0 saturated heterocycles. The summed E-state index contributed by atoms with van der Waals surface area (Å²) in [5.41, 5.74) is 2.38. The van der Waals surface area contributed by atoms with Gasteiger partial charge in [-0.2, -0.15) is 0 Å². The summed E-state index contributed by atoms with van der Waals surface area (Å²) in [5, 5.41) is 14.6. The third-order valence-corrected chi connectivity index (χ3v) is 3.90. The highest BCUT2D eigenvalue weighted by Crippen LogP contribution is 2.11. The molecule has 0 fully saturated rings. The van der Waals surface area contributed by atoms with E-state index < -0.39 is 5.91 Å². The molecule has 0 aliphatic rings. The van der Waals surface area contributed by atoms with Crippen LogP contribution < -0.4 is 10.6 Å². The zero-order valence-corrected chi connectivity index (χ0v) is 15.3. The van der Waals surface area contributed by atoms with E-state index in [0.717, 1.165) is 5.56 Å². The molecular weight excluding hydrogens is 344 g/mol. The second-order valence-electron chi connectivity index (χ2n) is 6.12. The molecule has 6 heteroatoms. The Balaban J connectivity index is 1.83. The van der Waals surface area contributed by atoms with Gasteiger partial charge in [0.2, 0.25) is 11.8 Å². The Morgan fingerprint density at radius 3 is 2.19 bits per heavy atom. The van der Waals surface area contributed by atoms with Crippen LogP contribution in [0.2, 0.25) is 0 Å². The summed E-state index contributed by atoms with van der Waals surface area (Å²) in [4.78, 5) is 35.3. The van der Waals surface area contributed by atoms with Gasteiger partial charge in [-0.3, -0.25) is 14.4 Å². The number of anilines is 1. The fourth-order valence-corrected chi connectivity index (χ4v) is 2.35. The number of hydrogen-bond acceptors (Lipinski definition) is 4. The van der Waals surface area contributed by atoms with Crippen LogP contribution in [0, 0.1) is 0 Å². The van der Waals surface area contributed by atoms with Gasteiger partial charge in [0, 0.05) is 29.4 Å². The van der Waals surface area contributed by atoms with Gasteiger partial charge in [-0.15, -0.1) is 0 Å². The first-order valence-corrected chi connectivity index (χ1v) is 8.51. The van der Waals surface area contributed by atoms with Gasteiger partial charge in [-0.1, -0.05) is 12.1 Å². The predicted molar refractivity (Wildman–Crippen MR) is 104 cm³/mol. The molecule has 0 aliphatic carbocycles. The maximum atomic E-state index is 12.1. The van der Waals surface area contributed by atoms with Crippen molar-refractivity contribution in [2.75, 3.05) is 11.9 Å². The molecule has 0 bridgehead atoms. The van der Waals surface area contributed by atoms with Gasteiger partial charge in [0.1, 0.15) is 5.75 Å². The summed E-state index contributed by atoms with van der Waals surface area (Å²) in [6, 6.07) is 13.3. The number of Topliss-reactive ketones (excluding diaryl/α,β-unsaturated/α-hetero) is 1. The van der Waals surface area contributed by atoms with E-state index in [1.807, 2.05) is 0 Å². The van der Waals surface area contributed by atoms with Gasteiger partial charge in [-0.25, -0.2) is 0 Å². The van der Waals surface area contributed by atoms with Crippen molar-refractivity contribution < 1.29 is 19.5 Å². The van der Waals surface area contributed by atoms with Crippen molar-refractivity contribution in [1.82, 2.24) is 5.32 Å². The van der Waals surface area contributed by atoms with Gasteiger partial charge in [-0.05, 0) is 62.2 Å². The first-order valence-electron chi connectivity index (χ1n) is 8.51. The lowest BCUT2D eigenvalue weighted by molar-refractivity contribution is -0.118. The third kappa shape index (κ3) is 6.43. The number of carbonyl (C=O) groups is 3. The molecule has 0 aromatic heterocycles. The second kappa shape index (κ2) is 9.33. The minimum absolute atomic E-state index is 0.0485. The van der Waals surface area contributed by atoms with Crippen LogP contribution in [0.5, 0.6) is 5.75 Å². The number of amides is 2. The summed E-state index contributed by atoms with van der Waals surface area (Å²) < 4.78 is 0. The van der Waals surface area contributed by atoms with E-state index in [0.29, 0.717) is 29.8 Å². The van der Waals surface area contributed by atoms with Crippen LogP contribution in [0.25, 0.3) is 0 Å². The van der Waals surface area contributed by atoms with Crippen molar-refractivity contribution in [3.05, 3.63) is 71.3 Å². The van der Waals surface area contributed by atoms with Crippen LogP contribution >= 0.6 is 0 Å². The van der Waals surface area contributed by atoms with Gasteiger partial charge in [0.25, 0.3) is 0 Å². The summed E-state index contributed by atoms with van der Waals surface area (Å²) >= 11 is 0. The van der Waals surface area contributed by atoms with Crippen LogP contribution in [0.1, 0.15) is 29.8 Å². The van der Waals surface area contributed by atoms with E-state index in [-0.39, 0.29) is 17.4 Å². The minimum Gasteiger partial charge on any atom is -0.508 e. The maximum absolute atomic E-state index is 12.1. The molecule has 0 aliphatic heterocycles. The monoisotopic (exact) mass is 366 g/mol. The number of benzene rings is 2. The van der Waals surface area contributed by atoms with Crippen LogP contribution in [0.4, 0.5) is 5.69 Å². The largest absolute Gasteiger partial charge is 0.508 e. The van der Waals surface area contributed by atoms with Gasteiger partial charge in [0.15, 0.2) is 5.78 Å². The first kappa shape index (κ1) is 19.9. The molecule has 6 nitrogen and oxygen atoms in total. The van der Waals surface area contributed by atoms with Crippen molar-refractivity contribution in [2.45, 2.75) is 20.3 Å². The Morgan fingerprint density at radius 1 is 0.963 bits per heavy atom. The van der Waals surface area contributed by atoms with E-state index in [1.54, 1.807) is 55.5 Å². The number of rotatable bonds is 7. The highest BCUT2D eigenvalue weighted by molar-refractivity contribution is 6.06. The molecule has 2 rings (SSSR count). The van der Waals surface area contributed by atoms with Gasteiger partial charge < -0.3 is 15.7 Å². The number of phenolic OH excluding ortho intramolecular Hbond substituents is 1. The van der Waals surface area contributed by atoms with E-state index in [2.05, 4.69) is 10.6 Å². The van der Waals surface area contributed by atoms with Crippen molar-refractivity contribution in [3.8, 4) is 5.75 Å². The smallest absolute Gasteiger partial charge is 0.248 e. The highest BCUT2D eigenvalue weighted by Gasteiger charge is 2.07. The molecule has 0 atom stereocenters. The third-order valence-electron chi connectivity index (χ3n) is 3.90. The maximum Gasteiger partial charge on any atom is 0.248 e. The van der Waals surface area contributed by atoms with Crippen molar-refractivity contribution in [3.63, 3.8) is 0 Å². The number of nitrogens with one attached hydrogen (secondary N) is 2. The predicted octanol–water partition coefficient (Wildman–Crippen LogP) is 2.84. The molecule has 0 spiro atoms. The molecule has 2 amide bonds. The SMILES string of the molecule is CC(=O)c1ccc(NC(=O)/C=C(/C)C(=O)NCCc2ccc(O)cc2)cc1. The number of carbonyl (C=O) groups excluding carboxylic acids is 3. The molecule has 0 radical (unpaired) electrons. The van der Waals surface area contributed by atoms with E-state index in [4.69, 9.17) is 0 Å². The molecule has 0 saturated carbocycles. The fourth-order valence-electron chi connectivity index (χ4n) is 2.35. The lowest BCUT2D eigenvalue weighted by Crippen LogP contribution is -2.27. The Morgan fingerprint density at radius 2 is 1.59 bits per heavy atom. The molecule has 2 aromatic rings. The van der Waals surface area contributed by atoms with Gasteiger partial charge in [0.05, 0.1) is 0 Å². The average Bonchev–Trinajstić information content (AvgIpc) is 2.63. The second-order valence-corrected chi connectivity index (χ2v) is 6.12. The molecule has 0 heterocycles. The topological polar surface area (TPSA) is 95.5 Å². The molecular formula is C21H22N2O4. The summed E-state index contributed by atoms with van der Waals surface area (Å²) in [6.45, 7) is 3.46. The Bertz CT molecular complexity index is 853. The summed E-state index contributed by atoms with van der Waals surface area (Å²) in [5.74, 6) is -0.594. The van der Waals surface area contributed by atoms with Crippen molar-refractivity contribution in [2.24, 2.45) is 0 Å². The van der Waals surface area contributed by atoms with Gasteiger partial charge >= 0.3 is 0 Å². The zero-order valence-electron chi connectivity index (χ0n) is 15.3. The summed E-state index contributed by atoms with van der Waals surface area (Å²) in [7, 11) is 0. The number of hydrogen-bond donors (Lipinski definition) is 3. The first-order chi connectivity index (χ1) is 12.8. The molecule has 0 unspecified atom stereocenters. The molecule has 140 valence electrons. The van der Waals surface area contributed by atoms with E-state index in [9.17, 15) is 19.5 Å². The normalized spacial score (nSPS) is 11.0. The quantitative estimate of drug-likeness (QED) is 0.519. The number of ketones is 1. The van der Waals surface area contributed by atoms with Crippen LogP contribution in [-0.2, 0) is 16.0 Å². The molecule has 3 N–H and O–H groups in total. The average molecular weight is 366 g/mol. The number of aromatic hydroxyl groups is 1. The van der Waals surface area contributed by atoms with Crippen molar-refractivity contribution in [1.29, 1.82) is 0 Å². The van der Waals surface area contributed by atoms with Crippen molar-refractivity contribution >= 4 is 23.3 Å². The Hall–Kier alpha value is -3.41. The molecule has 27 heavy (non-hydrogen) atoms. The standard InChI is InChI=1S/C21H22N2O4/c1-14(21(27)22-12-11-16-3-9-19(25)10-4-16)13-20(26)23-18-7-5-17(6-8-18)15(2)24/h3-10,13,25H,11-12H2,1-2H3,(H,22,27)(H,23,26)/b14-13-. The highest BCUT2D eigenvalue weighted by atomic mass is 16.3. The lowest BCUT2D eigenvalue weighted by Gasteiger charge is -2.07. The summed E-state index contributed by atoms with van der Waals surface area (Å²) in [6.07, 6.45) is 1.85. The minimum atomic E-state index is -0.420. The molecule has 2 aromatic carbocycles. The van der Waals surface area contributed by atoms with Crippen LogP contribution in [0.15, 0.2) is 60.2 Å². The van der Waals surface area contributed by atoms with Crippen LogP contribution in [-0.4, -0.2) is 29.2 Å². The Labute approximate surface area is 157 Å². The van der Waals surface area contributed by atoms with E-state index in [1.165, 1.54) is 13.0 Å². The zero-order chi connectivity index (χ0) is 19.8. The van der Waals surface area contributed by atoms with Crippen LogP contribution in [0.3, 0.4) is 0 Å². The fraction of sp³-hybridized carbons (Fsp3) is 0.190. The Kier molecular flexibility index (Phi) is 6.88. The number of phenols is 1.